The van der Waals surface area contributed by atoms with Gasteiger partial charge in [-0.05, 0) is 50.4 Å². The lowest BCUT2D eigenvalue weighted by Gasteiger charge is -2.27. The monoisotopic (exact) mass is 350 g/mol. The molecule has 0 amide bonds. The van der Waals surface area contributed by atoms with Gasteiger partial charge in [-0.25, -0.2) is 0 Å². The van der Waals surface area contributed by atoms with Crippen molar-refractivity contribution in [2.45, 2.75) is 39.3 Å². The third kappa shape index (κ3) is 3.49. The van der Waals surface area contributed by atoms with Crippen LogP contribution in [0.4, 0.5) is 0 Å². The van der Waals surface area contributed by atoms with Crippen LogP contribution in [0.1, 0.15) is 11.1 Å². The van der Waals surface area contributed by atoms with Crippen molar-refractivity contribution in [1.29, 1.82) is 0 Å². The second-order valence-electron chi connectivity index (χ2n) is 8.35. The van der Waals surface area contributed by atoms with Gasteiger partial charge in [0.1, 0.15) is 0 Å². The summed E-state index contributed by atoms with van der Waals surface area (Å²) in [6, 6.07) is 17.3. The molecule has 0 atom stereocenters. The summed E-state index contributed by atoms with van der Waals surface area (Å²) >= 11 is 0. The molecule has 0 N–H and O–H groups in total. The minimum atomic E-state index is -1.63. The highest BCUT2D eigenvalue weighted by molar-refractivity contribution is 6.81. The van der Waals surface area contributed by atoms with E-state index in [1.807, 2.05) is 0 Å². The van der Waals surface area contributed by atoms with Crippen LogP contribution in [-0.4, -0.2) is 27.9 Å². The molecule has 0 saturated carbocycles. The van der Waals surface area contributed by atoms with E-state index in [1.54, 1.807) is 0 Å². The summed E-state index contributed by atoms with van der Waals surface area (Å²) in [6.07, 6.45) is 0. The molecule has 2 aromatic rings. The van der Waals surface area contributed by atoms with E-state index in [4.69, 9.17) is 9.32 Å². The van der Waals surface area contributed by atoms with E-state index in [2.05, 4.69) is 87.8 Å². The number of rotatable bonds is 2. The van der Waals surface area contributed by atoms with Crippen LogP contribution >= 0.6 is 0 Å². The molecule has 0 aliphatic heterocycles. The van der Waals surface area contributed by atoms with Crippen LogP contribution in [0.15, 0.2) is 57.8 Å². The van der Waals surface area contributed by atoms with Gasteiger partial charge in [-0.2, -0.15) is 0 Å². The Hall–Kier alpha value is -1.79. The zero-order valence-corrected chi connectivity index (χ0v) is 17.5. The van der Waals surface area contributed by atoms with Crippen molar-refractivity contribution in [2.75, 3.05) is 0 Å². The molecule has 0 fully saturated rings. The Kier molecular flexibility index (Phi) is 4.22. The molecule has 1 aliphatic rings. The first kappa shape index (κ1) is 17.1. The van der Waals surface area contributed by atoms with Crippen LogP contribution in [0, 0.1) is 0 Å². The highest BCUT2D eigenvalue weighted by Gasteiger charge is 2.29. The normalized spacial score (nSPS) is 17.8. The Morgan fingerprint density at radius 2 is 0.792 bits per heavy atom. The van der Waals surface area contributed by atoms with Gasteiger partial charge in [0.05, 0.1) is 11.4 Å². The van der Waals surface area contributed by atoms with Gasteiger partial charge in [-0.3, -0.25) is 0 Å². The molecular weight excluding hydrogens is 324 g/mol. The predicted octanol–water partition coefficient (Wildman–Crippen LogP) is 5.62. The fourth-order valence-electron chi connectivity index (χ4n) is 3.00. The standard InChI is InChI=1S/C20H26N2Si2/c1-23(2,3)21-19-17-13-9-7-11-15(17)16-12-8-10-14-18(16)20(19)22-24(4,5)6/h7-14H,1-6H3/b21-19+,22-20+. The summed E-state index contributed by atoms with van der Waals surface area (Å²) in [5, 5.41) is 0. The van der Waals surface area contributed by atoms with Gasteiger partial charge in [0.15, 0.2) is 16.5 Å². The lowest BCUT2D eigenvalue weighted by Crippen LogP contribution is -2.32. The minimum absolute atomic E-state index is 1.10. The first-order chi connectivity index (χ1) is 11.2. The van der Waals surface area contributed by atoms with E-state index in [-0.39, 0.29) is 0 Å². The fourth-order valence-corrected chi connectivity index (χ4v) is 4.80. The molecule has 0 spiro atoms. The zero-order valence-electron chi connectivity index (χ0n) is 15.5. The molecule has 24 heavy (non-hydrogen) atoms. The first-order valence-electron chi connectivity index (χ1n) is 8.55. The van der Waals surface area contributed by atoms with E-state index >= 15 is 0 Å². The van der Waals surface area contributed by atoms with Crippen LogP contribution in [0.2, 0.25) is 39.3 Å². The van der Waals surface area contributed by atoms with Crippen LogP contribution < -0.4 is 0 Å². The fraction of sp³-hybridized carbons (Fsp3) is 0.300. The molecule has 0 radical (unpaired) electrons. The van der Waals surface area contributed by atoms with Gasteiger partial charge in [0.25, 0.3) is 0 Å². The van der Waals surface area contributed by atoms with E-state index in [1.165, 1.54) is 22.3 Å². The van der Waals surface area contributed by atoms with Crippen molar-refractivity contribution in [3.05, 3.63) is 59.7 Å². The smallest absolute Gasteiger partial charge is 0.173 e. The molecule has 0 saturated heterocycles. The number of hydrogen-bond acceptors (Lipinski definition) is 2. The van der Waals surface area contributed by atoms with Crippen LogP contribution in [-0.2, 0) is 0 Å². The quantitative estimate of drug-likeness (QED) is 0.628. The predicted molar refractivity (Wildman–Crippen MR) is 112 cm³/mol. The van der Waals surface area contributed by atoms with Gasteiger partial charge >= 0.3 is 0 Å². The summed E-state index contributed by atoms with van der Waals surface area (Å²) in [4.78, 5) is 0. The van der Waals surface area contributed by atoms with Crippen molar-refractivity contribution >= 4 is 27.9 Å². The molecule has 2 aromatic carbocycles. The van der Waals surface area contributed by atoms with Crippen molar-refractivity contribution in [2.24, 2.45) is 9.32 Å². The maximum absolute atomic E-state index is 5.22. The molecule has 0 bridgehead atoms. The first-order valence-corrected chi connectivity index (χ1v) is 15.4. The highest BCUT2D eigenvalue weighted by atomic mass is 28.3. The van der Waals surface area contributed by atoms with E-state index in [0.29, 0.717) is 0 Å². The van der Waals surface area contributed by atoms with Crippen LogP contribution in [0.3, 0.4) is 0 Å². The van der Waals surface area contributed by atoms with Crippen molar-refractivity contribution in [3.63, 3.8) is 0 Å². The van der Waals surface area contributed by atoms with Gasteiger partial charge < -0.3 is 9.32 Å². The molecule has 1 aliphatic carbocycles. The third-order valence-corrected chi connectivity index (χ3v) is 5.56. The van der Waals surface area contributed by atoms with Crippen molar-refractivity contribution in [3.8, 4) is 11.1 Å². The van der Waals surface area contributed by atoms with Crippen molar-refractivity contribution in [1.82, 2.24) is 0 Å². The Labute approximate surface area is 147 Å². The second kappa shape index (κ2) is 5.94. The average Bonchev–Trinajstić information content (AvgIpc) is 2.48. The van der Waals surface area contributed by atoms with Crippen LogP contribution in [0.5, 0.6) is 0 Å². The summed E-state index contributed by atoms with van der Waals surface area (Å²) in [7, 11) is -3.26. The largest absolute Gasteiger partial charge is 0.319 e. The summed E-state index contributed by atoms with van der Waals surface area (Å²) < 4.78 is 10.4. The molecule has 0 unspecified atom stereocenters. The highest BCUT2D eigenvalue weighted by Crippen LogP contribution is 2.35. The maximum atomic E-state index is 5.22. The molecule has 4 heteroatoms. The molecule has 3 rings (SSSR count). The third-order valence-electron chi connectivity index (χ3n) is 3.77. The lowest BCUT2D eigenvalue weighted by molar-refractivity contribution is 1.47. The minimum Gasteiger partial charge on any atom is -0.319 e. The van der Waals surface area contributed by atoms with E-state index < -0.39 is 16.5 Å². The lowest BCUT2D eigenvalue weighted by atomic mass is 9.83. The van der Waals surface area contributed by atoms with Crippen molar-refractivity contribution < 1.29 is 0 Å². The summed E-state index contributed by atoms with van der Waals surface area (Å²) in [5.41, 5.74) is 7.22. The van der Waals surface area contributed by atoms with E-state index in [0.717, 1.165) is 11.4 Å². The van der Waals surface area contributed by atoms with Gasteiger partial charge in [-0.15, -0.1) is 0 Å². The average molecular weight is 351 g/mol. The van der Waals surface area contributed by atoms with Gasteiger partial charge in [-0.1, -0.05) is 48.5 Å². The number of benzene rings is 2. The molecular formula is C20H26N2Si2. The Balaban J connectivity index is 2.39. The Bertz CT molecular complexity index is 766. The summed E-state index contributed by atoms with van der Waals surface area (Å²) in [5.74, 6) is 0. The molecule has 0 heterocycles. The van der Waals surface area contributed by atoms with Gasteiger partial charge in [0, 0.05) is 11.1 Å². The molecule has 0 aromatic heterocycles. The number of nitrogens with zero attached hydrogens (tertiary/aromatic N) is 2. The number of fused-ring (bicyclic) bond motifs is 3. The Morgan fingerprint density at radius 1 is 0.500 bits per heavy atom. The number of hydrogen-bond donors (Lipinski definition) is 0. The zero-order chi connectivity index (χ0) is 17.5. The SMILES string of the molecule is C[Si](C)(C)/N=C1/C(=N/[Si](C)(C)C)c2ccccc2-c2ccccc21. The Morgan fingerprint density at radius 3 is 1.08 bits per heavy atom. The second-order valence-corrected chi connectivity index (χ2v) is 17.5. The molecule has 124 valence electrons. The van der Waals surface area contributed by atoms with E-state index in [9.17, 15) is 0 Å². The van der Waals surface area contributed by atoms with Gasteiger partial charge in [0.2, 0.25) is 0 Å². The summed E-state index contributed by atoms with van der Waals surface area (Å²) in [6.45, 7) is 13.7. The maximum Gasteiger partial charge on any atom is 0.173 e. The topological polar surface area (TPSA) is 24.7 Å². The molecule has 2 nitrogen and oxygen atoms in total. The van der Waals surface area contributed by atoms with Crippen LogP contribution in [0.25, 0.3) is 11.1 Å².